The molecule has 2 aromatic carbocycles. The molecule has 3 aromatic rings. The van der Waals surface area contributed by atoms with Crippen molar-refractivity contribution in [2.45, 2.75) is 16.5 Å². The third kappa shape index (κ3) is 5.65. The van der Waals surface area contributed by atoms with Gasteiger partial charge in [-0.25, -0.2) is 4.79 Å². The minimum atomic E-state index is -0.448. The maximum absolute atomic E-state index is 12.4. The van der Waals surface area contributed by atoms with E-state index in [4.69, 9.17) is 0 Å². The number of thioether (sulfide) groups is 1. The van der Waals surface area contributed by atoms with Crippen LogP contribution in [0.1, 0.15) is 27.6 Å². The molecule has 1 heterocycles. The van der Waals surface area contributed by atoms with Crippen LogP contribution in [0, 0.1) is 0 Å². The number of benzene rings is 2. The standard InChI is InChI=1S/C20H18N4O4S2/c1-12(16(25)21-15-10-8-14(9-11-15)18(27)28-2)29-20-24-23-19(30-20)22-17(26)13-6-4-3-5-7-13/h3-12H,1-2H3,(H,21,25)(H,22,23,26). The van der Waals surface area contributed by atoms with Gasteiger partial charge in [0.2, 0.25) is 11.0 Å². The lowest BCUT2D eigenvalue weighted by Crippen LogP contribution is -2.22. The second kappa shape index (κ2) is 9.99. The van der Waals surface area contributed by atoms with E-state index < -0.39 is 11.2 Å². The smallest absolute Gasteiger partial charge is 0.337 e. The van der Waals surface area contributed by atoms with E-state index in [0.29, 0.717) is 26.3 Å². The van der Waals surface area contributed by atoms with E-state index >= 15 is 0 Å². The summed E-state index contributed by atoms with van der Waals surface area (Å²) in [6.07, 6.45) is 0. The fraction of sp³-hybridized carbons (Fsp3) is 0.150. The number of nitrogens with zero attached hydrogens (tertiary/aromatic N) is 2. The van der Waals surface area contributed by atoms with E-state index in [-0.39, 0.29) is 11.8 Å². The van der Waals surface area contributed by atoms with Crippen LogP contribution in [-0.2, 0) is 9.53 Å². The van der Waals surface area contributed by atoms with Crippen LogP contribution in [0.4, 0.5) is 10.8 Å². The highest BCUT2D eigenvalue weighted by molar-refractivity contribution is 8.02. The fourth-order valence-electron chi connectivity index (χ4n) is 2.32. The Morgan fingerprint density at radius 1 is 0.967 bits per heavy atom. The third-order valence-corrected chi connectivity index (χ3v) is 5.91. The van der Waals surface area contributed by atoms with Gasteiger partial charge in [0, 0.05) is 11.3 Å². The van der Waals surface area contributed by atoms with E-state index in [1.54, 1.807) is 55.5 Å². The molecule has 1 unspecified atom stereocenters. The van der Waals surface area contributed by atoms with Gasteiger partial charge in [-0.2, -0.15) is 0 Å². The van der Waals surface area contributed by atoms with Crippen molar-refractivity contribution in [1.29, 1.82) is 0 Å². The van der Waals surface area contributed by atoms with Crippen molar-refractivity contribution in [1.82, 2.24) is 10.2 Å². The SMILES string of the molecule is COC(=O)c1ccc(NC(=O)C(C)Sc2nnc(NC(=O)c3ccccc3)s2)cc1. The molecule has 0 bridgehead atoms. The first-order valence-corrected chi connectivity index (χ1v) is 10.5. The summed E-state index contributed by atoms with van der Waals surface area (Å²) in [6, 6.07) is 15.2. The molecular weight excluding hydrogens is 424 g/mol. The van der Waals surface area contributed by atoms with Crippen LogP contribution >= 0.6 is 23.1 Å². The largest absolute Gasteiger partial charge is 0.465 e. The van der Waals surface area contributed by atoms with Gasteiger partial charge >= 0.3 is 5.97 Å². The number of carbonyl (C=O) groups is 3. The number of ether oxygens (including phenoxy) is 1. The number of aromatic nitrogens is 2. The van der Waals surface area contributed by atoms with Crippen LogP contribution in [0.25, 0.3) is 0 Å². The predicted molar refractivity (Wildman–Crippen MR) is 116 cm³/mol. The number of hydrogen-bond donors (Lipinski definition) is 2. The summed E-state index contributed by atoms with van der Waals surface area (Å²) in [5, 5.41) is 13.4. The van der Waals surface area contributed by atoms with Gasteiger partial charge in [0.25, 0.3) is 5.91 Å². The van der Waals surface area contributed by atoms with Gasteiger partial charge in [-0.3, -0.25) is 14.9 Å². The Kier molecular flexibility index (Phi) is 7.15. The Balaban J connectivity index is 1.54. The van der Waals surface area contributed by atoms with E-state index in [9.17, 15) is 14.4 Å². The maximum atomic E-state index is 12.4. The van der Waals surface area contributed by atoms with Gasteiger partial charge in [-0.15, -0.1) is 10.2 Å². The molecule has 0 aliphatic carbocycles. The molecule has 154 valence electrons. The minimum Gasteiger partial charge on any atom is -0.465 e. The van der Waals surface area contributed by atoms with Crippen LogP contribution in [0.5, 0.6) is 0 Å². The number of carbonyl (C=O) groups excluding carboxylic acids is 3. The van der Waals surface area contributed by atoms with Gasteiger partial charge < -0.3 is 10.1 Å². The fourth-order valence-corrected chi connectivity index (χ4v) is 4.21. The zero-order chi connectivity index (χ0) is 21.5. The molecular formula is C20H18N4O4S2. The Morgan fingerprint density at radius 2 is 1.67 bits per heavy atom. The lowest BCUT2D eigenvalue weighted by atomic mass is 10.2. The number of methoxy groups -OCH3 is 1. The van der Waals surface area contributed by atoms with Crippen LogP contribution in [-0.4, -0.2) is 40.3 Å². The summed E-state index contributed by atoms with van der Waals surface area (Å²) < 4.78 is 5.20. The summed E-state index contributed by atoms with van der Waals surface area (Å²) in [4.78, 5) is 36.1. The Hall–Kier alpha value is -3.24. The lowest BCUT2D eigenvalue weighted by Gasteiger charge is -2.10. The average molecular weight is 443 g/mol. The lowest BCUT2D eigenvalue weighted by molar-refractivity contribution is -0.115. The number of esters is 1. The van der Waals surface area contributed by atoms with Crippen molar-refractivity contribution >= 4 is 51.7 Å². The molecule has 2 N–H and O–H groups in total. The van der Waals surface area contributed by atoms with Gasteiger partial charge in [0.05, 0.1) is 17.9 Å². The second-order valence-corrected chi connectivity index (χ2v) is 8.58. The quantitative estimate of drug-likeness (QED) is 0.326. The molecule has 2 amide bonds. The molecule has 0 spiro atoms. The number of amides is 2. The predicted octanol–water partition coefficient (Wildman–Crippen LogP) is 3.70. The van der Waals surface area contributed by atoms with Crippen LogP contribution in [0.2, 0.25) is 0 Å². The van der Waals surface area contributed by atoms with Gasteiger partial charge in [-0.1, -0.05) is 41.3 Å². The van der Waals surface area contributed by atoms with Crippen molar-refractivity contribution in [2.75, 3.05) is 17.7 Å². The minimum absolute atomic E-state index is 0.226. The summed E-state index contributed by atoms with van der Waals surface area (Å²) in [5.41, 5.74) is 1.48. The molecule has 0 aliphatic heterocycles. The van der Waals surface area contributed by atoms with Crippen molar-refractivity contribution in [3.8, 4) is 0 Å². The highest BCUT2D eigenvalue weighted by atomic mass is 32.2. The molecule has 1 aromatic heterocycles. The number of anilines is 2. The summed E-state index contributed by atoms with van der Waals surface area (Å²) in [5.74, 6) is -0.941. The molecule has 0 fully saturated rings. The second-order valence-electron chi connectivity index (χ2n) is 6.01. The van der Waals surface area contributed by atoms with E-state index in [1.807, 2.05) is 6.07 Å². The van der Waals surface area contributed by atoms with Crippen molar-refractivity contribution in [3.05, 3.63) is 65.7 Å². The van der Waals surface area contributed by atoms with E-state index in [1.165, 1.54) is 30.2 Å². The summed E-state index contributed by atoms with van der Waals surface area (Å²) in [6.45, 7) is 1.74. The highest BCUT2D eigenvalue weighted by Gasteiger charge is 2.18. The monoisotopic (exact) mass is 442 g/mol. The topological polar surface area (TPSA) is 110 Å². The number of nitrogens with one attached hydrogen (secondary N) is 2. The van der Waals surface area contributed by atoms with Gasteiger partial charge in [0.15, 0.2) is 4.34 Å². The molecule has 1 atom stereocenters. The zero-order valence-corrected chi connectivity index (χ0v) is 17.8. The summed E-state index contributed by atoms with van der Waals surface area (Å²) in [7, 11) is 1.31. The number of rotatable bonds is 7. The molecule has 3 rings (SSSR count). The average Bonchev–Trinajstić information content (AvgIpc) is 3.20. The Bertz CT molecular complexity index is 1040. The van der Waals surface area contributed by atoms with Crippen molar-refractivity contribution in [2.24, 2.45) is 0 Å². The molecule has 10 heteroatoms. The highest BCUT2D eigenvalue weighted by Crippen LogP contribution is 2.29. The zero-order valence-electron chi connectivity index (χ0n) is 16.1. The van der Waals surface area contributed by atoms with Crippen molar-refractivity contribution in [3.63, 3.8) is 0 Å². The van der Waals surface area contributed by atoms with Crippen LogP contribution in [0.3, 0.4) is 0 Å². The van der Waals surface area contributed by atoms with Gasteiger partial charge in [0.1, 0.15) is 0 Å². The Labute approximate surface area is 181 Å². The third-order valence-electron chi connectivity index (χ3n) is 3.88. The maximum Gasteiger partial charge on any atom is 0.337 e. The molecule has 0 aliphatic rings. The van der Waals surface area contributed by atoms with E-state index in [0.717, 1.165) is 0 Å². The van der Waals surface area contributed by atoms with Crippen LogP contribution < -0.4 is 10.6 Å². The number of hydrogen-bond acceptors (Lipinski definition) is 8. The molecule has 30 heavy (non-hydrogen) atoms. The normalized spacial score (nSPS) is 11.4. The van der Waals surface area contributed by atoms with Crippen molar-refractivity contribution < 1.29 is 19.1 Å². The van der Waals surface area contributed by atoms with Gasteiger partial charge in [-0.05, 0) is 43.3 Å². The first-order valence-electron chi connectivity index (χ1n) is 8.82. The molecule has 8 nitrogen and oxygen atoms in total. The molecule has 0 saturated carbocycles. The summed E-state index contributed by atoms with van der Waals surface area (Å²) >= 11 is 2.43. The first kappa shape index (κ1) is 21.5. The van der Waals surface area contributed by atoms with E-state index in [2.05, 4.69) is 25.6 Å². The Morgan fingerprint density at radius 3 is 2.33 bits per heavy atom. The molecule has 0 saturated heterocycles. The first-order chi connectivity index (χ1) is 14.5. The van der Waals surface area contributed by atoms with Crippen LogP contribution in [0.15, 0.2) is 58.9 Å². The molecule has 0 radical (unpaired) electrons.